The molecule has 0 atom stereocenters. The van der Waals surface area contributed by atoms with Gasteiger partial charge in [-0.1, -0.05) is 60.1 Å². The first kappa shape index (κ1) is 21.8. The molecule has 0 aliphatic heterocycles. The number of pyridine rings is 1. The van der Waals surface area contributed by atoms with E-state index in [-0.39, 0.29) is 11.5 Å². The third-order valence-corrected chi connectivity index (χ3v) is 5.21. The molecule has 1 N–H and O–H groups in total. The van der Waals surface area contributed by atoms with Crippen LogP contribution >= 0.6 is 11.6 Å². The number of aromatic nitrogens is 1. The molecular weight excluding hydrogens is 398 g/mol. The highest BCUT2D eigenvalue weighted by Gasteiger charge is 2.09. The Bertz CT molecular complexity index is 1030. The minimum Gasteiger partial charge on any atom is -0.352 e. The molecule has 0 aliphatic rings. The number of hydrogen-bond donors (Lipinski definition) is 1. The van der Waals surface area contributed by atoms with E-state index < -0.39 is 0 Å². The molecular formula is C24H26ClN3O2. The highest BCUT2D eigenvalue weighted by atomic mass is 35.5. The summed E-state index contributed by atoms with van der Waals surface area (Å²) in [6.07, 6.45) is 2.43. The average Bonchev–Trinajstić information content (AvgIpc) is 2.75. The number of amides is 1. The first-order chi connectivity index (χ1) is 14.5. The Morgan fingerprint density at radius 1 is 1.03 bits per heavy atom. The summed E-state index contributed by atoms with van der Waals surface area (Å²) in [5.74, 6) is -0.186. The van der Waals surface area contributed by atoms with E-state index in [1.54, 1.807) is 18.3 Å². The molecule has 0 aliphatic carbocycles. The lowest BCUT2D eigenvalue weighted by Gasteiger charge is -2.16. The largest absolute Gasteiger partial charge is 0.352 e. The van der Waals surface area contributed by atoms with Gasteiger partial charge < -0.3 is 14.8 Å². The van der Waals surface area contributed by atoms with E-state index in [1.807, 2.05) is 36.4 Å². The monoisotopic (exact) mass is 423 g/mol. The van der Waals surface area contributed by atoms with Crippen molar-refractivity contribution in [1.82, 2.24) is 14.8 Å². The molecule has 0 saturated heterocycles. The SMILES string of the molecule is CN(CCCNC(=O)c1ccc(=O)n(Cc2ccccc2Cl)c1)Cc1ccccc1. The molecule has 1 amide bonds. The maximum absolute atomic E-state index is 12.5. The quantitative estimate of drug-likeness (QED) is 0.532. The Kier molecular flexibility index (Phi) is 7.82. The topological polar surface area (TPSA) is 54.3 Å². The maximum Gasteiger partial charge on any atom is 0.252 e. The lowest BCUT2D eigenvalue weighted by molar-refractivity contribution is 0.0951. The Hall–Kier alpha value is -2.89. The predicted octanol–water partition coefficient (Wildman–Crippen LogP) is 3.80. The Morgan fingerprint density at radius 3 is 2.53 bits per heavy atom. The number of carbonyl (C=O) groups is 1. The minimum atomic E-state index is -0.186. The molecule has 156 valence electrons. The van der Waals surface area contributed by atoms with Crippen molar-refractivity contribution in [1.29, 1.82) is 0 Å². The van der Waals surface area contributed by atoms with E-state index in [0.717, 1.165) is 25.1 Å². The van der Waals surface area contributed by atoms with Crippen LogP contribution in [0.5, 0.6) is 0 Å². The third-order valence-electron chi connectivity index (χ3n) is 4.84. The van der Waals surface area contributed by atoms with Crippen molar-refractivity contribution in [2.75, 3.05) is 20.1 Å². The normalized spacial score (nSPS) is 10.9. The first-order valence-corrected chi connectivity index (χ1v) is 10.4. The van der Waals surface area contributed by atoms with E-state index in [2.05, 4.69) is 29.4 Å². The standard InChI is InChI=1S/C24H26ClN3O2/c1-27(16-19-8-3-2-4-9-19)15-7-14-26-24(30)21-12-13-23(29)28(18-21)17-20-10-5-6-11-22(20)25/h2-6,8-13,18H,7,14-17H2,1H3,(H,26,30). The Balaban J connectivity index is 1.50. The van der Waals surface area contributed by atoms with Crippen molar-refractivity contribution in [3.05, 3.63) is 105 Å². The van der Waals surface area contributed by atoms with E-state index in [0.29, 0.717) is 23.7 Å². The van der Waals surface area contributed by atoms with Crippen molar-refractivity contribution in [2.45, 2.75) is 19.5 Å². The van der Waals surface area contributed by atoms with Crippen molar-refractivity contribution in [3.63, 3.8) is 0 Å². The van der Waals surface area contributed by atoms with Crippen molar-refractivity contribution in [3.8, 4) is 0 Å². The number of nitrogens with zero attached hydrogens (tertiary/aromatic N) is 2. The molecule has 5 nitrogen and oxygen atoms in total. The maximum atomic E-state index is 12.5. The molecule has 0 radical (unpaired) electrons. The second-order valence-electron chi connectivity index (χ2n) is 7.31. The average molecular weight is 424 g/mol. The lowest BCUT2D eigenvalue weighted by atomic mass is 10.2. The van der Waals surface area contributed by atoms with Gasteiger partial charge in [-0.3, -0.25) is 9.59 Å². The Morgan fingerprint density at radius 2 is 1.77 bits per heavy atom. The van der Waals surface area contributed by atoms with Crippen LogP contribution in [-0.2, 0) is 13.1 Å². The van der Waals surface area contributed by atoms with Crippen molar-refractivity contribution in [2.24, 2.45) is 0 Å². The van der Waals surface area contributed by atoms with Gasteiger partial charge in [0.1, 0.15) is 0 Å². The van der Waals surface area contributed by atoms with Crippen LogP contribution in [0.15, 0.2) is 77.7 Å². The van der Waals surface area contributed by atoms with Gasteiger partial charge in [0.15, 0.2) is 0 Å². The lowest BCUT2D eigenvalue weighted by Crippen LogP contribution is -2.29. The molecule has 0 fully saturated rings. The number of benzene rings is 2. The Labute approximate surface area is 181 Å². The van der Waals surface area contributed by atoms with Crippen LogP contribution in [0.2, 0.25) is 5.02 Å². The van der Waals surface area contributed by atoms with Gasteiger partial charge in [-0.05, 0) is 43.3 Å². The van der Waals surface area contributed by atoms with Gasteiger partial charge in [-0.15, -0.1) is 0 Å². The van der Waals surface area contributed by atoms with Crippen LogP contribution in [-0.4, -0.2) is 35.5 Å². The summed E-state index contributed by atoms with van der Waals surface area (Å²) in [6, 6.07) is 20.6. The molecule has 0 saturated carbocycles. The van der Waals surface area contributed by atoms with Crippen LogP contribution in [0.3, 0.4) is 0 Å². The molecule has 0 spiro atoms. The number of hydrogen-bond acceptors (Lipinski definition) is 3. The highest BCUT2D eigenvalue weighted by Crippen LogP contribution is 2.15. The van der Waals surface area contributed by atoms with Crippen LogP contribution in [0, 0.1) is 0 Å². The summed E-state index contributed by atoms with van der Waals surface area (Å²) in [5, 5.41) is 3.53. The second kappa shape index (κ2) is 10.8. The summed E-state index contributed by atoms with van der Waals surface area (Å²) < 4.78 is 1.50. The zero-order chi connectivity index (χ0) is 21.3. The highest BCUT2D eigenvalue weighted by molar-refractivity contribution is 6.31. The fraction of sp³-hybridized carbons (Fsp3) is 0.250. The van der Waals surface area contributed by atoms with Crippen molar-refractivity contribution >= 4 is 17.5 Å². The molecule has 0 bridgehead atoms. The minimum absolute atomic E-state index is 0.172. The zero-order valence-electron chi connectivity index (χ0n) is 17.1. The van der Waals surface area contributed by atoms with Gasteiger partial charge >= 0.3 is 0 Å². The summed E-state index contributed by atoms with van der Waals surface area (Å²) in [5.41, 5.74) is 2.39. The summed E-state index contributed by atoms with van der Waals surface area (Å²) in [7, 11) is 2.07. The van der Waals surface area contributed by atoms with Gasteiger partial charge in [-0.2, -0.15) is 0 Å². The van der Waals surface area contributed by atoms with Gasteiger partial charge in [0.2, 0.25) is 0 Å². The van der Waals surface area contributed by atoms with E-state index in [1.165, 1.54) is 16.2 Å². The first-order valence-electron chi connectivity index (χ1n) is 9.97. The molecule has 1 heterocycles. The number of rotatable bonds is 9. The number of carbonyl (C=O) groups excluding carboxylic acids is 1. The van der Waals surface area contributed by atoms with E-state index >= 15 is 0 Å². The molecule has 2 aromatic carbocycles. The fourth-order valence-electron chi connectivity index (χ4n) is 3.23. The van der Waals surface area contributed by atoms with Crippen LogP contribution < -0.4 is 10.9 Å². The van der Waals surface area contributed by atoms with Gasteiger partial charge in [-0.25, -0.2) is 0 Å². The predicted molar refractivity (Wildman–Crippen MR) is 121 cm³/mol. The van der Waals surface area contributed by atoms with Gasteiger partial charge in [0.25, 0.3) is 11.5 Å². The molecule has 30 heavy (non-hydrogen) atoms. The smallest absolute Gasteiger partial charge is 0.252 e. The zero-order valence-corrected chi connectivity index (χ0v) is 17.8. The number of nitrogens with one attached hydrogen (secondary N) is 1. The van der Waals surface area contributed by atoms with E-state index in [4.69, 9.17) is 11.6 Å². The molecule has 1 aromatic heterocycles. The summed E-state index contributed by atoms with van der Waals surface area (Å²) >= 11 is 6.19. The molecule has 0 unspecified atom stereocenters. The molecule has 3 aromatic rings. The van der Waals surface area contributed by atoms with E-state index in [9.17, 15) is 9.59 Å². The van der Waals surface area contributed by atoms with Gasteiger partial charge in [0, 0.05) is 30.4 Å². The van der Waals surface area contributed by atoms with Gasteiger partial charge in [0.05, 0.1) is 12.1 Å². The van der Waals surface area contributed by atoms with Crippen LogP contribution in [0.4, 0.5) is 0 Å². The second-order valence-corrected chi connectivity index (χ2v) is 7.72. The molecule has 6 heteroatoms. The van der Waals surface area contributed by atoms with Crippen molar-refractivity contribution < 1.29 is 4.79 Å². The number of halogens is 1. The van der Waals surface area contributed by atoms with Crippen LogP contribution in [0.1, 0.15) is 27.9 Å². The molecule has 3 rings (SSSR count). The third kappa shape index (κ3) is 6.31. The van der Waals surface area contributed by atoms with Crippen LogP contribution in [0.25, 0.3) is 0 Å². The fourth-order valence-corrected chi connectivity index (χ4v) is 3.42. The summed E-state index contributed by atoms with van der Waals surface area (Å²) in [6.45, 7) is 2.65. The summed E-state index contributed by atoms with van der Waals surface area (Å²) in [4.78, 5) is 26.9.